The summed E-state index contributed by atoms with van der Waals surface area (Å²) in [7, 11) is 0. The van der Waals surface area contributed by atoms with Gasteiger partial charge in [-0.1, -0.05) is 6.07 Å². The number of carbonyl (C=O) groups is 2. The van der Waals surface area contributed by atoms with Crippen molar-refractivity contribution in [1.29, 1.82) is 0 Å². The normalized spacial score (nSPS) is 17.5. The molecule has 1 aliphatic carbocycles. The van der Waals surface area contributed by atoms with Crippen LogP contribution in [0.2, 0.25) is 0 Å². The summed E-state index contributed by atoms with van der Waals surface area (Å²) < 4.78 is 21.6. The number of aromatic nitrogens is 3. The largest absolute Gasteiger partial charge is 0.443 e. The summed E-state index contributed by atoms with van der Waals surface area (Å²) in [5, 5.41) is 4.28. The van der Waals surface area contributed by atoms with Crippen molar-refractivity contribution in [2.24, 2.45) is 0 Å². The van der Waals surface area contributed by atoms with Crippen LogP contribution in [0.4, 0.5) is 4.39 Å². The average Bonchev–Trinajstić information content (AvgIpc) is 3.38. The van der Waals surface area contributed by atoms with Gasteiger partial charge in [0.05, 0.1) is 15.7 Å². The highest BCUT2D eigenvalue weighted by Crippen LogP contribution is 2.41. The third-order valence-corrected chi connectivity index (χ3v) is 7.79. The van der Waals surface area contributed by atoms with Crippen LogP contribution >= 0.6 is 31.9 Å². The molecule has 0 bridgehead atoms. The van der Waals surface area contributed by atoms with E-state index < -0.39 is 11.4 Å². The second-order valence-electron chi connectivity index (χ2n) is 7.99. The van der Waals surface area contributed by atoms with E-state index >= 15 is 0 Å². The van der Waals surface area contributed by atoms with E-state index in [-0.39, 0.29) is 23.4 Å². The van der Waals surface area contributed by atoms with Gasteiger partial charge < -0.3 is 14.2 Å². The Labute approximate surface area is 199 Å². The summed E-state index contributed by atoms with van der Waals surface area (Å²) in [5.74, 6) is -0.581. The molecular weight excluding hydrogens is 549 g/mol. The van der Waals surface area contributed by atoms with Gasteiger partial charge in [-0.2, -0.15) is 0 Å². The molecule has 1 aromatic carbocycles. The molecule has 8 nitrogen and oxygen atoms in total. The lowest BCUT2D eigenvalue weighted by molar-refractivity contribution is -0.0316. The Morgan fingerprint density at radius 3 is 2.59 bits per heavy atom. The van der Waals surface area contributed by atoms with Crippen LogP contribution < -0.4 is 0 Å². The number of amides is 2. The highest BCUT2D eigenvalue weighted by molar-refractivity contribution is 9.13. The molecule has 11 heteroatoms. The number of furan rings is 1. The van der Waals surface area contributed by atoms with Gasteiger partial charge in [-0.25, -0.2) is 14.1 Å². The fraction of sp³-hybridized carbons (Fsp3) is 0.333. The van der Waals surface area contributed by atoms with Crippen molar-refractivity contribution in [2.75, 3.05) is 19.6 Å². The van der Waals surface area contributed by atoms with Crippen LogP contribution in [-0.2, 0) is 0 Å². The molecule has 2 aromatic heterocycles. The van der Waals surface area contributed by atoms with E-state index in [0.29, 0.717) is 34.5 Å². The minimum absolute atomic E-state index is 0.0548. The lowest BCUT2D eigenvalue weighted by Gasteiger charge is -2.55. The number of carbonyl (C=O) groups excluding carboxylic acids is 2. The molecule has 1 aliphatic heterocycles. The van der Waals surface area contributed by atoms with Crippen LogP contribution in [0.5, 0.6) is 0 Å². The number of hydrogen-bond donors (Lipinski definition) is 0. The Bertz CT molecular complexity index is 1190. The first-order valence-corrected chi connectivity index (χ1v) is 11.7. The maximum Gasteiger partial charge on any atom is 0.294 e. The molecule has 166 valence electrons. The first kappa shape index (κ1) is 21.3. The first-order valence-electron chi connectivity index (χ1n) is 10.1. The van der Waals surface area contributed by atoms with Crippen LogP contribution in [0.3, 0.4) is 0 Å². The van der Waals surface area contributed by atoms with Crippen molar-refractivity contribution in [3.8, 4) is 5.69 Å². The van der Waals surface area contributed by atoms with Crippen LogP contribution in [-0.4, -0.2) is 61.6 Å². The lowest BCUT2D eigenvalue weighted by atomic mass is 9.73. The molecule has 1 saturated carbocycles. The van der Waals surface area contributed by atoms with Gasteiger partial charge in [0.15, 0.2) is 10.4 Å². The van der Waals surface area contributed by atoms with Crippen LogP contribution in [0.15, 0.2) is 50.2 Å². The highest BCUT2D eigenvalue weighted by Gasteiger charge is 2.50. The molecule has 1 saturated heterocycles. The molecule has 2 fully saturated rings. The van der Waals surface area contributed by atoms with Crippen molar-refractivity contribution in [3.05, 3.63) is 63.2 Å². The topological polar surface area (TPSA) is 84.5 Å². The number of halogens is 3. The van der Waals surface area contributed by atoms with E-state index in [1.54, 1.807) is 28.0 Å². The summed E-state index contributed by atoms with van der Waals surface area (Å²) in [6.45, 7) is 1.19. The van der Waals surface area contributed by atoms with Crippen molar-refractivity contribution in [1.82, 2.24) is 24.6 Å². The fourth-order valence-electron chi connectivity index (χ4n) is 4.31. The van der Waals surface area contributed by atoms with Gasteiger partial charge in [0, 0.05) is 25.7 Å². The Morgan fingerprint density at radius 2 is 1.94 bits per heavy atom. The monoisotopic (exact) mass is 565 g/mol. The van der Waals surface area contributed by atoms with E-state index in [9.17, 15) is 14.0 Å². The molecule has 32 heavy (non-hydrogen) atoms. The van der Waals surface area contributed by atoms with Gasteiger partial charge in [0.1, 0.15) is 12.1 Å². The minimum Gasteiger partial charge on any atom is -0.443 e. The Balaban J connectivity index is 1.35. The molecule has 0 radical (unpaired) electrons. The van der Waals surface area contributed by atoms with Gasteiger partial charge in [0.2, 0.25) is 5.82 Å². The SMILES string of the molecule is O=C(c1cc(Br)c(Br)o1)N1CCN(C(=O)c2ncn(-c3cccc(F)c3)n2)C2(CCC2)C1. The zero-order chi connectivity index (χ0) is 22.5. The maximum atomic E-state index is 13.5. The van der Waals surface area contributed by atoms with Crippen molar-refractivity contribution in [2.45, 2.75) is 24.8 Å². The molecule has 3 aromatic rings. The second kappa shape index (κ2) is 8.11. The number of piperazine rings is 1. The summed E-state index contributed by atoms with van der Waals surface area (Å²) in [4.78, 5) is 33.9. The van der Waals surface area contributed by atoms with Gasteiger partial charge in [-0.05, 0) is 69.3 Å². The zero-order valence-corrected chi connectivity index (χ0v) is 20.0. The number of benzene rings is 1. The van der Waals surface area contributed by atoms with Gasteiger partial charge in [0.25, 0.3) is 11.8 Å². The summed E-state index contributed by atoms with van der Waals surface area (Å²) in [6.07, 6.45) is 3.99. The van der Waals surface area contributed by atoms with Gasteiger partial charge >= 0.3 is 0 Å². The van der Waals surface area contributed by atoms with Crippen molar-refractivity contribution in [3.63, 3.8) is 0 Å². The average molecular weight is 567 g/mol. The van der Waals surface area contributed by atoms with Crippen LogP contribution in [0.1, 0.15) is 40.4 Å². The van der Waals surface area contributed by atoms with E-state index in [4.69, 9.17) is 4.42 Å². The second-order valence-corrected chi connectivity index (χ2v) is 9.56. The molecule has 1 spiro atoms. The Morgan fingerprint density at radius 1 is 1.12 bits per heavy atom. The van der Waals surface area contributed by atoms with Crippen molar-refractivity contribution < 1.29 is 18.4 Å². The molecule has 2 aliphatic rings. The summed E-state index contributed by atoms with van der Waals surface area (Å²) >= 11 is 6.59. The smallest absolute Gasteiger partial charge is 0.294 e. The third kappa shape index (κ3) is 3.66. The quantitative estimate of drug-likeness (QED) is 0.477. The lowest BCUT2D eigenvalue weighted by Crippen LogP contribution is -2.67. The molecule has 0 unspecified atom stereocenters. The van der Waals surface area contributed by atoms with Crippen LogP contribution in [0.25, 0.3) is 5.69 Å². The van der Waals surface area contributed by atoms with E-state index in [1.165, 1.54) is 23.1 Å². The molecular formula is C21H18Br2FN5O3. The maximum absolute atomic E-state index is 13.5. The predicted molar refractivity (Wildman–Crippen MR) is 119 cm³/mol. The molecule has 3 heterocycles. The fourth-order valence-corrected chi connectivity index (χ4v) is 4.89. The molecule has 2 amide bonds. The molecule has 5 rings (SSSR count). The first-order chi connectivity index (χ1) is 15.4. The van der Waals surface area contributed by atoms with E-state index in [0.717, 1.165) is 19.3 Å². The molecule has 0 N–H and O–H groups in total. The summed E-state index contributed by atoms with van der Waals surface area (Å²) in [6, 6.07) is 7.57. The highest BCUT2D eigenvalue weighted by atomic mass is 79.9. The number of nitrogens with zero attached hydrogens (tertiary/aromatic N) is 5. The van der Waals surface area contributed by atoms with E-state index in [1.807, 2.05) is 0 Å². The molecule has 0 atom stereocenters. The summed E-state index contributed by atoms with van der Waals surface area (Å²) in [5.41, 5.74) is 0.0530. The van der Waals surface area contributed by atoms with E-state index in [2.05, 4.69) is 41.9 Å². The zero-order valence-electron chi connectivity index (χ0n) is 16.8. The minimum atomic E-state index is -0.434. The van der Waals surface area contributed by atoms with Gasteiger partial charge in [-0.3, -0.25) is 9.59 Å². The Kier molecular flexibility index (Phi) is 5.40. The number of rotatable bonds is 3. The van der Waals surface area contributed by atoms with Crippen molar-refractivity contribution >= 4 is 43.7 Å². The number of hydrogen-bond acceptors (Lipinski definition) is 5. The van der Waals surface area contributed by atoms with Crippen LogP contribution in [0, 0.1) is 5.82 Å². The predicted octanol–water partition coefficient (Wildman–Crippen LogP) is 4.05. The third-order valence-electron chi connectivity index (χ3n) is 6.08. The van der Waals surface area contributed by atoms with Gasteiger partial charge in [-0.15, -0.1) is 5.10 Å². The Hall–Kier alpha value is -2.53. The standard InChI is InChI=1S/C21H18Br2FN5O3/c22-15-10-16(32-17(15)23)19(30)27-7-8-28(21(11-27)5-2-6-21)20(31)18-25-12-29(26-18)14-4-1-3-13(24)9-14/h1,3-4,9-10,12H,2,5-8,11H2.